The fourth-order valence-corrected chi connectivity index (χ4v) is 2.06. The number of amides is 2. The van der Waals surface area contributed by atoms with Crippen molar-refractivity contribution in [2.75, 3.05) is 0 Å². The fraction of sp³-hybridized carbons (Fsp3) is 0.615. The molecule has 1 rings (SSSR count). The van der Waals surface area contributed by atoms with E-state index in [-0.39, 0.29) is 0 Å². The minimum Gasteiger partial charge on any atom is -0.361 e. The number of unbranched alkanes of at least 4 members (excludes halogenated alkanes) is 2. The van der Waals surface area contributed by atoms with E-state index in [0.717, 1.165) is 31.4 Å². The summed E-state index contributed by atoms with van der Waals surface area (Å²) in [6.07, 6.45) is 6.30. The second-order valence-electron chi connectivity index (χ2n) is 4.58. The standard InChI is InChI=1S/C13H21N3O2/c1-3-4-5-6-10-9(2)7-8-11(10)15-16-13(18)12(14)17/h3-8H2,1-2H3,(H2,14,17)(H,16,18)/b15-11-. The zero-order valence-corrected chi connectivity index (χ0v) is 11.1. The van der Waals surface area contributed by atoms with Gasteiger partial charge in [-0.3, -0.25) is 9.59 Å². The van der Waals surface area contributed by atoms with Gasteiger partial charge in [-0.15, -0.1) is 0 Å². The average molecular weight is 251 g/mol. The summed E-state index contributed by atoms with van der Waals surface area (Å²) < 4.78 is 0. The van der Waals surface area contributed by atoms with Crippen LogP contribution in [0.2, 0.25) is 0 Å². The Morgan fingerprint density at radius 1 is 1.33 bits per heavy atom. The van der Waals surface area contributed by atoms with Gasteiger partial charge in [0.25, 0.3) is 0 Å². The minimum atomic E-state index is -1.01. The van der Waals surface area contributed by atoms with Crippen molar-refractivity contribution >= 4 is 17.5 Å². The van der Waals surface area contributed by atoms with Crippen molar-refractivity contribution in [1.82, 2.24) is 5.43 Å². The van der Waals surface area contributed by atoms with Crippen molar-refractivity contribution in [3.05, 3.63) is 11.1 Å². The maximum absolute atomic E-state index is 11.0. The molecule has 18 heavy (non-hydrogen) atoms. The van der Waals surface area contributed by atoms with Crippen LogP contribution in [0.4, 0.5) is 0 Å². The molecule has 1 aliphatic rings. The smallest absolute Gasteiger partial charge is 0.329 e. The van der Waals surface area contributed by atoms with E-state index in [9.17, 15) is 9.59 Å². The molecule has 0 aliphatic heterocycles. The van der Waals surface area contributed by atoms with E-state index in [1.165, 1.54) is 24.0 Å². The monoisotopic (exact) mass is 251 g/mol. The predicted molar refractivity (Wildman–Crippen MR) is 70.8 cm³/mol. The topological polar surface area (TPSA) is 84.6 Å². The lowest BCUT2D eigenvalue weighted by molar-refractivity contribution is -0.137. The summed E-state index contributed by atoms with van der Waals surface area (Å²) in [6, 6.07) is 0. The van der Waals surface area contributed by atoms with Gasteiger partial charge in [-0.2, -0.15) is 5.10 Å². The Morgan fingerprint density at radius 2 is 2.06 bits per heavy atom. The van der Waals surface area contributed by atoms with Gasteiger partial charge in [-0.1, -0.05) is 25.3 Å². The predicted octanol–water partition coefficient (Wildman–Crippen LogP) is 1.63. The second kappa shape index (κ2) is 6.93. The highest BCUT2D eigenvalue weighted by molar-refractivity contribution is 6.34. The molecule has 0 fully saturated rings. The number of hydrazone groups is 1. The summed E-state index contributed by atoms with van der Waals surface area (Å²) >= 11 is 0. The average Bonchev–Trinajstić information content (AvgIpc) is 2.68. The first-order valence-electron chi connectivity index (χ1n) is 6.41. The van der Waals surface area contributed by atoms with Crippen LogP contribution < -0.4 is 11.2 Å². The number of nitrogens with one attached hydrogen (secondary N) is 1. The van der Waals surface area contributed by atoms with E-state index in [0.29, 0.717) is 0 Å². The lowest BCUT2D eigenvalue weighted by Crippen LogP contribution is -2.33. The van der Waals surface area contributed by atoms with Crippen molar-refractivity contribution in [2.24, 2.45) is 10.8 Å². The maximum atomic E-state index is 11.0. The summed E-state index contributed by atoms with van der Waals surface area (Å²) in [7, 11) is 0. The first kappa shape index (κ1) is 14.4. The normalized spacial score (nSPS) is 17.3. The molecular weight excluding hydrogens is 230 g/mol. The summed E-state index contributed by atoms with van der Waals surface area (Å²) in [5.74, 6) is -1.87. The second-order valence-corrected chi connectivity index (χ2v) is 4.58. The SMILES string of the molecule is CCCCCC1=C(C)CC/C1=N/NC(=O)C(N)=O. The van der Waals surface area contributed by atoms with Crippen LogP contribution in [0.15, 0.2) is 16.2 Å². The molecule has 0 aromatic rings. The van der Waals surface area contributed by atoms with E-state index in [2.05, 4.69) is 24.4 Å². The van der Waals surface area contributed by atoms with E-state index >= 15 is 0 Å². The Morgan fingerprint density at radius 3 is 2.67 bits per heavy atom. The Hall–Kier alpha value is -1.65. The Balaban J connectivity index is 2.62. The third kappa shape index (κ3) is 3.98. The molecule has 0 aromatic carbocycles. The van der Waals surface area contributed by atoms with Gasteiger partial charge in [-0.25, -0.2) is 5.43 Å². The molecule has 0 atom stereocenters. The van der Waals surface area contributed by atoms with Crippen LogP contribution in [0.5, 0.6) is 0 Å². The molecule has 1 aliphatic carbocycles. The van der Waals surface area contributed by atoms with Crippen LogP contribution in [-0.4, -0.2) is 17.5 Å². The van der Waals surface area contributed by atoms with Crippen LogP contribution in [0.1, 0.15) is 52.4 Å². The van der Waals surface area contributed by atoms with Crippen LogP contribution in [-0.2, 0) is 9.59 Å². The Kier molecular flexibility index (Phi) is 5.55. The Labute approximate surface area is 108 Å². The molecule has 3 N–H and O–H groups in total. The number of hydrogen-bond acceptors (Lipinski definition) is 3. The molecule has 2 amide bonds. The lowest BCUT2D eigenvalue weighted by Gasteiger charge is -2.06. The van der Waals surface area contributed by atoms with Gasteiger partial charge in [0.05, 0.1) is 5.71 Å². The Bertz CT molecular complexity index is 397. The van der Waals surface area contributed by atoms with Gasteiger partial charge < -0.3 is 5.73 Å². The number of primary amides is 1. The molecule has 0 unspecified atom stereocenters. The maximum Gasteiger partial charge on any atom is 0.329 e. The number of rotatable bonds is 5. The third-order valence-electron chi connectivity index (χ3n) is 3.15. The van der Waals surface area contributed by atoms with E-state index in [1.54, 1.807) is 0 Å². The molecule has 0 heterocycles. The first-order chi connectivity index (χ1) is 8.56. The molecule has 0 spiro atoms. The van der Waals surface area contributed by atoms with Gasteiger partial charge >= 0.3 is 11.8 Å². The molecule has 0 saturated carbocycles. The molecule has 100 valence electrons. The zero-order chi connectivity index (χ0) is 13.5. The van der Waals surface area contributed by atoms with Gasteiger partial charge in [0.15, 0.2) is 0 Å². The van der Waals surface area contributed by atoms with Crippen LogP contribution in [0.25, 0.3) is 0 Å². The molecule has 0 radical (unpaired) electrons. The number of hydrogen-bond donors (Lipinski definition) is 2. The third-order valence-corrected chi connectivity index (χ3v) is 3.15. The fourth-order valence-electron chi connectivity index (χ4n) is 2.06. The zero-order valence-electron chi connectivity index (χ0n) is 11.1. The highest BCUT2D eigenvalue weighted by Crippen LogP contribution is 2.27. The summed E-state index contributed by atoms with van der Waals surface area (Å²) in [5, 5.41) is 4.01. The number of allylic oxidation sites excluding steroid dienone is 2. The number of nitrogens with two attached hydrogens (primary N) is 1. The summed E-state index contributed by atoms with van der Waals surface area (Å²) in [6.45, 7) is 4.26. The lowest BCUT2D eigenvalue weighted by atomic mass is 10.0. The molecule has 0 bridgehead atoms. The van der Waals surface area contributed by atoms with Crippen molar-refractivity contribution in [3.8, 4) is 0 Å². The summed E-state index contributed by atoms with van der Waals surface area (Å²) in [5.41, 5.74) is 10.5. The number of carbonyl (C=O) groups excluding carboxylic acids is 2. The quantitative estimate of drug-likeness (QED) is 0.442. The highest BCUT2D eigenvalue weighted by atomic mass is 16.2. The van der Waals surface area contributed by atoms with Crippen LogP contribution in [0.3, 0.4) is 0 Å². The molecule has 5 heteroatoms. The first-order valence-corrected chi connectivity index (χ1v) is 6.41. The van der Waals surface area contributed by atoms with Crippen molar-refractivity contribution in [3.63, 3.8) is 0 Å². The molecule has 0 aromatic heterocycles. The van der Waals surface area contributed by atoms with Gasteiger partial charge in [0, 0.05) is 0 Å². The van der Waals surface area contributed by atoms with Gasteiger partial charge in [-0.05, 0) is 38.2 Å². The number of nitrogens with zero attached hydrogens (tertiary/aromatic N) is 1. The molecule has 0 saturated heterocycles. The van der Waals surface area contributed by atoms with Crippen molar-refractivity contribution in [1.29, 1.82) is 0 Å². The van der Waals surface area contributed by atoms with Crippen molar-refractivity contribution < 1.29 is 9.59 Å². The van der Waals surface area contributed by atoms with Gasteiger partial charge in [0.1, 0.15) is 0 Å². The minimum absolute atomic E-state index is 0.826. The van der Waals surface area contributed by atoms with Crippen molar-refractivity contribution in [2.45, 2.75) is 52.4 Å². The van der Waals surface area contributed by atoms with E-state index < -0.39 is 11.8 Å². The molecule has 5 nitrogen and oxygen atoms in total. The highest BCUT2D eigenvalue weighted by Gasteiger charge is 2.18. The van der Waals surface area contributed by atoms with Crippen LogP contribution in [0, 0.1) is 0 Å². The van der Waals surface area contributed by atoms with E-state index in [1.807, 2.05) is 0 Å². The van der Waals surface area contributed by atoms with E-state index in [4.69, 9.17) is 5.73 Å². The van der Waals surface area contributed by atoms with Gasteiger partial charge in [0.2, 0.25) is 0 Å². The summed E-state index contributed by atoms with van der Waals surface area (Å²) in [4.78, 5) is 21.6. The molecular formula is C13H21N3O2. The number of carbonyl (C=O) groups is 2. The largest absolute Gasteiger partial charge is 0.361 e. The van der Waals surface area contributed by atoms with Crippen LogP contribution >= 0.6 is 0 Å².